The molecule has 1 saturated heterocycles. The molecule has 1 aliphatic carbocycles. The van der Waals surface area contributed by atoms with Gasteiger partial charge in [0.05, 0.1) is 0 Å². The molecule has 3 aromatic heterocycles. The minimum atomic E-state index is 0.0325. The van der Waals surface area contributed by atoms with E-state index in [0.29, 0.717) is 18.0 Å². The third-order valence-corrected chi connectivity index (χ3v) is 7.24. The predicted molar refractivity (Wildman–Crippen MR) is 143 cm³/mol. The van der Waals surface area contributed by atoms with Crippen LogP contribution in [0.1, 0.15) is 43.0 Å². The lowest BCUT2D eigenvalue weighted by Gasteiger charge is -2.29. The number of benzene rings is 1. The molecule has 0 amide bonds. The summed E-state index contributed by atoms with van der Waals surface area (Å²) in [5, 5.41) is 7.61. The molecule has 6 rings (SSSR count). The second-order valence-corrected chi connectivity index (χ2v) is 9.66. The molecule has 4 aromatic rings. The molecule has 0 bridgehead atoms. The molecule has 2 aliphatic rings. The largest absolute Gasteiger partial charge is 0.369 e. The van der Waals surface area contributed by atoms with Crippen molar-refractivity contribution in [3.8, 4) is 0 Å². The van der Waals surface area contributed by atoms with E-state index in [9.17, 15) is 4.79 Å². The number of rotatable bonds is 6. The Morgan fingerprint density at radius 1 is 1.00 bits per heavy atom. The lowest BCUT2D eigenvalue weighted by Crippen LogP contribution is -2.43. The monoisotopic (exact) mass is 481 g/mol. The van der Waals surface area contributed by atoms with Crippen molar-refractivity contribution in [3.05, 3.63) is 82.5 Å². The Labute approximate surface area is 210 Å². The summed E-state index contributed by atoms with van der Waals surface area (Å²) in [6.07, 6.45) is 8.37. The molecule has 0 spiro atoms. The molecule has 1 aliphatic heterocycles. The fraction of sp³-hybridized carbons (Fsp3) is 0.357. The molecule has 1 saturated carbocycles. The predicted octanol–water partition coefficient (Wildman–Crippen LogP) is 4.05. The van der Waals surface area contributed by atoms with E-state index >= 15 is 0 Å². The van der Waals surface area contributed by atoms with Gasteiger partial charge in [-0.05, 0) is 55.3 Å². The van der Waals surface area contributed by atoms with E-state index in [1.54, 1.807) is 6.20 Å². The van der Waals surface area contributed by atoms with Gasteiger partial charge in [0.25, 0.3) is 5.56 Å². The Kier molecular flexibility index (Phi) is 6.34. The number of pyridine rings is 2. The van der Waals surface area contributed by atoms with Crippen molar-refractivity contribution in [1.29, 1.82) is 0 Å². The van der Waals surface area contributed by atoms with Crippen LogP contribution in [-0.2, 0) is 6.42 Å². The maximum atomic E-state index is 13.7. The van der Waals surface area contributed by atoms with Crippen molar-refractivity contribution < 1.29 is 0 Å². The second-order valence-electron chi connectivity index (χ2n) is 9.66. The summed E-state index contributed by atoms with van der Waals surface area (Å²) in [5.41, 5.74) is 4.50. The molecule has 36 heavy (non-hydrogen) atoms. The normalized spacial score (nSPS) is 16.5. The highest BCUT2D eigenvalue weighted by Crippen LogP contribution is 2.31. The zero-order valence-corrected chi connectivity index (χ0v) is 20.4. The van der Waals surface area contributed by atoms with Gasteiger partial charge in [0.2, 0.25) is 5.95 Å². The molecule has 0 atom stereocenters. The number of nitrogens with zero attached hydrogens (tertiary/aromatic N) is 5. The van der Waals surface area contributed by atoms with Crippen LogP contribution in [0.15, 0.2) is 65.7 Å². The van der Waals surface area contributed by atoms with E-state index in [2.05, 4.69) is 49.8 Å². The second kappa shape index (κ2) is 10.1. The van der Waals surface area contributed by atoms with Gasteiger partial charge in [0.15, 0.2) is 0 Å². The molecule has 4 heterocycles. The minimum absolute atomic E-state index is 0.0325. The molecule has 0 radical (unpaired) electrons. The Morgan fingerprint density at radius 2 is 1.81 bits per heavy atom. The van der Waals surface area contributed by atoms with E-state index in [-0.39, 0.29) is 11.6 Å². The van der Waals surface area contributed by atoms with Gasteiger partial charge < -0.3 is 15.5 Å². The molecule has 184 valence electrons. The summed E-state index contributed by atoms with van der Waals surface area (Å²) < 4.78 is 1.92. The summed E-state index contributed by atoms with van der Waals surface area (Å²) in [7, 11) is 0. The van der Waals surface area contributed by atoms with E-state index in [4.69, 9.17) is 4.98 Å². The van der Waals surface area contributed by atoms with E-state index in [1.165, 1.54) is 5.69 Å². The lowest BCUT2D eigenvalue weighted by molar-refractivity contribution is 0.513. The van der Waals surface area contributed by atoms with Crippen molar-refractivity contribution in [2.24, 2.45) is 0 Å². The standard InChI is InChI=1S/C28H31N7O/c36-27-20(18-23-5-3-4-12-30-23)17-21-19-31-28(33-26(21)35(27)25-6-1-2-7-25)32-22-8-10-24(11-9-22)34-15-13-29-14-16-34/h3-5,8-12,17,19,25,29H,1-2,6-7,13-16,18H2,(H,31,32,33). The fourth-order valence-electron chi connectivity index (χ4n) is 5.37. The van der Waals surface area contributed by atoms with Gasteiger partial charge in [0.1, 0.15) is 5.65 Å². The van der Waals surface area contributed by atoms with Crippen LogP contribution in [0.2, 0.25) is 0 Å². The van der Waals surface area contributed by atoms with Crippen LogP contribution in [0, 0.1) is 0 Å². The van der Waals surface area contributed by atoms with Crippen molar-refractivity contribution in [1.82, 2.24) is 24.8 Å². The van der Waals surface area contributed by atoms with E-state index in [1.807, 2.05) is 35.0 Å². The summed E-state index contributed by atoms with van der Waals surface area (Å²) in [6, 6.07) is 16.3. The topological polar surface area (TPSA) is 88.0 Å². The Hall–Kier alpha value is -3.78. The van der Waals surface area contributed by atoms with Gasteiger partial charge in [-0.15, -0.1) is 0 Å². The summed E-state index contributed by atoms with van der Waals surface area (Å²) in [5.74, 6) is 0.501. The molecule has 8 nitrogen and oxygen atoms in total. The van der Waals surface area contributed by atoms with Crippen molar-refractivity contribution in [3.63, 3.8) is 0 Å². The van der Waals surface area contributed by atoms with Crippen LogP contribution < -0.4 is 21.1 Å². The Morgan fingerprint density at radius 3 is 2.56 bits per heavy atom. The highest BCUT2D eigenvalue weighted by Gasteiger charge is 2.23. The van der Waals surface area contributed by atoms with Crippen LogP contribution in [0.5, 0.6) is 0 Å². The van der Waals surface area contributed by atoms with Gasteiger partial charge in [-0.25, -0.2) is 4.98 Å². The highest BCUT2D eigenvalue weighted by atomic mass is 16.1. The molecule has 1 aromatic carbocycles. The molecule has 2 fully saturated rings. The zero-order chi connectivity index (χ0) is 24.3. The average Bonchev–Trinajstić information content (AvgIpc) is 3.45. The minimum Gasteiger partial charge on any atom is -0.369 e. The zero-order valence-electron chi connectivity index (χ0n) is 20.4. The fourth-order valence-corrected chi connectivity index (χ4v) is 5.37. The first-order valence-corrected chi connectivity index (χ1v) is 12.9. The van der Waals surface area contributed by atoms with Gasteiger partial charge in [-0.2, -0.15) is 4.98 Å². The Bertz CT molecular complexity index is 1390. The van der Waals surface area contributed by atoms with Crippen LogP contribution >= 0.6 is 0 Å². The van der Waals surface area contributed by atoms with Crippen molar-refractivity contribution >= 4 is 28.4 Å². The quantitative estimate of drug-likeness (QED) is 0.430. The number of aromatic nitrogens is 4. The maximum absolute atomic E-state index is 13.7. The number of piperazine rings is 1. The third-order valence-electron chi connectivity index (χ3n) is 7.24. The molecule has 0 unspecified atom stereocenters. The first-order valence-electron chi connectivity index (χ1n) is 12.9. The van der Waals surface area contributed by atoms with E-state index in [0.717, 1.165) is 74.2 Å². The molecule has 2 N–H and O–H groups in total. The first kappa shape index (κ1) is 22.7. The van der Waals surface area contributed by atoms with Crippen LogP contribution in [0.3, 0.4) is 0 Å². The number of nitrogens with one attached hydrogen (secondary N) is 2. The van der Waals surface area contributed by atoms with Crippen molar-refractivity contribution in [2.45, 2.75) is 38.1 Å². The van der Waals surface area contributed by atoms with Gasteiger partial charge in [-0.3, -0.25) is 14.3 Å². The molecular weight excluding hydrogens is 450 g/mol. The number of hydrogen-bond acceptors (Lipinski definition) is 7. The smallest absolute Gasteiger partial charge is 0.256 e. The number of fused-ring (bicyclic) bond motifs is 1. The lowest BCUT2D eigenvalue weighted by atomic mass is 10.1. The Balaban J connectivity index is 1.32. The van der Waals surface area contributed by atoms with Crippen LogP contribution in [0.25, 0.3) is 11.0 Å². The SMILES string of the molecule is O=c1c(Cc2ccccn2)cc2cnc(Nc3ccc(N4CCNCC4)cc3)nc2n1C1CCCC1. The maximum Gasteiger partial charge on any atom is 0.256 e. The highest BCUT2D eigenvalue weighted by molar-refractivity contribution is 5.77. The molecule has 8 heteroatoms. The van der Waals surface area contributed by atoms with Gasteiger partial charge >= 0.3 is 0 Å². The molecular formula is C28H31N7O. The van der Waals surface area contributed by atoms with Crippen molar-refractivity contribution in [2.75, 3.05) is 36.4 Å². The number of anilines is 3. The van der Waals surface area contributed by atoms with Gasteiger partial charge in [0, 0.05) is 79.1 Å². The average molecular weight is 482 g/mol. The summed E-state index contributed by atoms with van der Waals surface area (Å²) in [4.78, 5) is 29.9. The summed E-state index contributed by atoms with van der Waals surface area (Å²) >= 11 is 0. The van der Waals surface area contributed by atoms with E-state index < -0.39 is 0 Å². The third kappa shape index (κ3) is 4.68. The van der Waals surface area contributed by atoms with Gasteiger partial charge in [-0.1, -0.05) is 18.9 Å². The number of hydrogen-bond donors (Lipinski definition) is 2. The van der Waals surface area contributed by atoms with Crippen LogP contribution in [0.4, 0.5) is 17.3 Å². The van der Waals surface area contributed by atoms with Crippen LogP contribution in [-0.4, -0.2) is 45.7 Å². The summed E-state index contributed by atoms with van der Waals surface area (Å²) in [6.45, 7) is 4.05. The first-order chi connectivity index (χ1) is 17.7.